The van der Waals surface area contributed by atoms with Gasteiger partial charge >= 0.3 is 0 Å². The highest BCUT2D eigenvalue weighted by Gasteiger charge is 2.19. The summed E-state index contributed by atoms with van der Waals surface area (Å²) in [7, 11) is 0. The zero-order chi connectivity index (χ0) is 18.2. The Morgan fingerprint density at radius 3 is 2.40 bits per heavy atom. The first kappa shape index (κ1) is 19.7. The molecule has 0 aliphatic carbocycles. The predicted molar refractivity (Wildman–Crippen MR) is 106 cm³/mol. The first-order chi connectivity index (χ1) is 12.0. The van der Waals surface area contributed by atoms with Crippen LogP contribution in [-0.4, -0.2) is 23.8 Å². The van der Waals surface area contributed by atoms with E-state index in [1.165, 1.54) is 5.56 Å². The Hall–Kier alpha value is -1.65. The second-order valence-corrected chi connectivity index (χ2v) is 7.71. The molecule has 2 aromatic rings. The maximum atomic E-state index is 12.5. The zero-order valence-corrected chi connectivity index (χ0v) is 16.4. The van der Waals surface area contributed by atoms with E-state index in [0.717, 1.165) is 17.1 Å². The third-order valence-corrected chi connectivity index (χ3v) is 5.29. The molecule has 0 aliphatic heterocycles. The average Bonchev–Trinajstić information content (AvgIpc) is 2.60. The standard InChI is InChI=1S/C20H24ClNO2S/c1-4-19(25-18-11-7-16(21)8-12-18)20(23)22-15(3)13-24-17-9-5-14(2)6-10-17/h5-12,15,19H,4,13H2,1-3H3,(H,22,23)/t15-,19-/m1/s1. The van der Waals surface area contributed by atoms with Crippen molar-refractivity contribution >= 4 is 29.3 Å². The minimum Gasteiger partial charge on any atom is -0.491 e. The van der Waals surface area contributed by atoms with Crippen LogP contribution in [0.1, 0.15) is 25.8 Å². The van der Waals surface area contributed by atoms with E-state index in [1.54, 1.807) is 11.8 Å². The Kier molecular flexibility index (Phi) is 7.66. The highest BCUT2D eigenvalue weighted by molar-refractivity contribution is 8.00. The van der Waals surface area contributed by atoms with Gasteiger partial charge in [0.15, 0.2) is 0 Å². The van der Waals surface area contributed by atoms with Crippen molar-refractivity contribution in [2.45, 2.75) is 43.4 Å². The zero-order valence-electron chi connectivity index (χ0n) is 14.8. The lowest BCUT2D eigenvalue weighted by Crippen LogP contribution is -2.41. The lowest BCUT2D eigenvalue weighted by atomic mass is 10.2. The molecule has 0 saturated heterocycles. The monoisotopic (exact) mass is 377 g/mol. The summed E-state index contributed by atoms with van der Waals surface area (Å²) in [6, 6.07) is 15.4. The van der Waals surface area contributed by atoms with Crippen LogP contribution in [0.15, 0.2) is 53.4 Å². The largest absolute Gasteiger partial charge is 0.491 e. The summed E-state index contributed by atoms with van der Waals surface area (Å²) in [5.74, 6) is 0.844. The topological polar surface area (TPSA) is 38.3 Å². The number of thioether (sulfide) groups is 1. The van der Waals surface area contributed by atoms with Crippen molar-refractivity contribution in [3.63, 3.8) is 0 Å². The number of hydrogen-bond acceptors (Lipinski definition) is 3. The van der Waals surface area contributed by atoms with Crippen LogP contribution in [0.2, 0.25) is 5.02 Å². The van der Waals surface area contributed by atoms with Gasteiger partial charge in [0.05, 0.1) is 11.3 Å². The van der Waals surface area contributed by atoms with Crippen LogP contribution in [0.3, 0.4) is 0 Å². The molecule has 5 heteroatoms. The van der Waals surface area contributed by atoms with Gasteiger partial charge in [-0.15, -0.1) is 11.8 Å². The fourth-order valence-electron chi connectivity index (χ4n) is 2.23. The first-order valence-corrected chi connectivity index (χ1v) is 9.65. The molecule has 0 heterocycles. The van der Waals surface area contributed by atoms with Crippen molar-refractivity contribution in [2.24, 2.45) is 0 Å². The summed E-state index contributed by atoms with van der Waals surface area (Å²) in [6.07, 6.45) is 0.755. The van der Waals surface area contributed by atoms with Gasteiger partial charge in [-0.25, -0.2) is 0 Å². The fraction of sp³-hybridized carbons (Fsp3) is 0.350. The summed E-state index contributed by atoms with van der Waals surface area (Å²) in [6.45, 7) is 6.44. The Balaban J connectivity index is 1.83. The average molecular weight is 378 g/mol. The third-order valence-electron chi connectivity index (χ3n) is 3.66. The van der Waals surface area contributed by atoms with Crippen molar-refractivity contribution < 1.29 is 9.53 Å². The second kappa shape index (κ2) is 9.73. The van der Waals surface area contributed by atoms with Crippen LogP contribution < -0.4 is 10.1 Å². The Morgan fingerprint density at radius 2 is 1.80 bits per heavy atom. The molecule has 0 saturated carbocycles. The molecular formula is C20H24ClNO2S. The molecule has 25 heavy (non-hydrogen) atoms. The normalized spacial score (nSPS) is 13.1. The van der Waals surface area contributed by atoms with Crippen LogP contribution in [-0.2, 0) is 4.79 Å². The summed E-state index contributed by atoms with van der Waals surface area (Å²) in [5, 5.41) is 3.60. The van der Waals surface area contributed by atoms with Gasteiger partial charge in [-0.3, -0.25) is 4.79 Å². The van der Waals surface area contributed by atoms with Gasteiger partial charge in [0.1, 0.15) is 12.4 Å². The number of benzene rings is 2. The minimum absolute atomic E-state index is 0.0301. The molecule has 2 atom stereocenters. The van der Waals surface area contributed by atoms with Gasteiger partial charge in [-0.05, 0) is 56.7 Å². The van der Waals surface area contributed by atoms with E-state index in [2.05, 4.69) is 5.32 Å². The van der Waals surface area contributed by atoms with E-state index >= 15 is 0 Å². The van der Waals surface area contributed by atoms with Gasteiger partial charge in [-0.2, -0.15) is 0 Å². The Morgan fingerprint density at radius 1 is 1.16 bits per heavy atom. The van der Waals surface area contributed by atoms with Crippen LogP contribution >= 0.6 is 23.4 Å². The Labute approximate surface area is 159 Å². The molecule has 0 radical (unpaired) electrons. The molecule has 0 aliphatic rings. The number of carbonyl (C=O) groups excluding carboxylic acids is 1. The lowest BCUT2D eigenvalue weighted by Gasteiger charge is -2.19. The predicted octanol–water partition coefficient (Wildman–Crippen LogP) is 5.10. The molecule has 0 aromatic heterocycles. The van der Waals surface area contributed by atoms with Gasteiger partial charge in [0.25, 0.3) is 0 Å². The molecule has 1 N–H and O–H groups in total. The number of hydrogen-bond donors (Lipinski definition) is 1. The van der Waals surface area contributed by atoms with Gasteiger partial charge in [0, 0.05) is 9.92 Å². The number of carbonyl (C=O) groups is 1. The highest BCUT2D eigenvalue weighted by Crippen LogP contribution is 2.26. The smallest absolute Gasteiger partial charge is 0.233 e. The van der Waals surface area contributed by atoms with E-state index in [1.807, 2.05) is 69.3 Å². The quantitative estimate of drug-likeness (QED) is 0.650. The highest BCUT2D eigenvalue weighted by atomic mass is 35.5. The second-order valence-electron chi connectivity index (χ2n) is 6.00. The molecular weight excluding hydrogens is 354 g/mol. The summed E-state index contributed by atoms with van der Waals surface area (Å²) < 4.78 is 5.73. The number of nitrogens with one attached hydrogen (secondary N) is 1. The summed E-state index contributed by atoms with van der Waals surface area (Å²) in [4.78, 5) is 13.5. The van der Waals surface area contributed by atoms with Crippen molar-refractivity contribution in [1.29, 1.82) is 0 Å². The van der Waals surface area contributed by atoms with Gasteiger partial charge in [0.2, 0.25) is 5.91 Å². The lowest BCUT2D eigenvalue weighted by molar-refractivity contribution is -0.121. The molecule has 134 valence electrons. The van der Waals surface area contributed by atoms with E-state index in [9.17, 15) is 4.79 Å². The van der Waals surface area contributed by atoms with E-state index in [0.29, 0.717) is 11.6 Å². The fourth-order valence-corrected chi connectivity index (χ4v) is 3.32. The van der Waals surface area contributed by atoms with Crippen LogP contribution in [0.4, 0.5) is 0 Å². The van der Waals surface area contributed by atoms with Crippen molar-refractivity contribution in [3.8, 4) is 5.75 Å². The molecule has 0 fully saturated rings. The van der Waals surface area contributed by atoms with E-state index in [4.69, 9.17) is 16.3 Å². The van der Waals surface area contributed by atoms with Crippen LogP contribution in [0, 0.1) is 6.92 Å². The number of aryl methyl sites for hydroxylation is 1. The number of halogens is 1. The van der Waals surface area contributed by atoms with Crippen molar-refractivity contribution in [2.75, 3.05) is 6.61 Å². The maximum Gasteiger partial charge on any atom is 0.233 e. The molecule has 0 bridgehead atoms. The van der Waals surface area contributed by atoms with Crippen LogP contribution in [0.5, 0.6) is 5.75 Å². The SMILES string of the molecule is CC[C@@H](Sc1ccc(Cl)cc1)C(=O)N[C@H](C)COc1ccc(C)cc1. The molecule has 3 nitrogen and oxygen atoms in total. The maximum absolute atomic E-state index is 12.5. The minimum atomic E-state index is -0.136. The molecule has 2 rings (SSSR count). The number of amides is 1. The molecule has 2 aromatic carbocycles. The van der Waals surface area contributed by atoms with Gasteiger partial charge < -0.3 is 10.1 Å². The summed E-state index contributed by atoms with van der Waals surface area (Å²) in [5.41, 5.74) is 1.19. The van der Waals surface area contributed by atoms with Crippen molar-refractivity contribution in [3.05, 3.63) is 59.1 Å². The molecule has 0 unspecified atom stereocenters. The van der Waals surface area contributed by atoms with E-state index in [-0.39, 0.29) is 17.2 Å². The molecule has 0 spiro atoms. The number of ether oxygens (including phenoxy) is 1. The van der Waals surface area contributed by atoms with Gasteiger partial charge in [-0.1, -0.05) is 36.2 Å². The van der Waals surface area contributed by atoms with Crippen LogP contribution in [0.25, 0.3) is 0 Å². The summed E-state index contributed by atoms with van der Waals surface area (Å²) >= 11 is 7.46. The Bertz CT molecular complexity index is 673. The number of rotatable bonds is 8. The first-order valence-electron chi connectivity index (χ1n) is 8.40. The van der Waals surface area contributed by atoms with E-state index < -0.39 is 0 Å². The third kappa shape index (κ3) is 6.63. The van der Waals surface area contributed by atoms with Crippen molar-refractivity contribution in [1.82, 2.24) is 5.32 Å². The molecule has 1 amide bonds.